The Morgan fingerprint density at radius 1 is 1.00 bits per heavy atom. The second kappa shape index (κ2) is 6.55. The number of imidazole rings is 1. The topological polar surface area (TPSA) is 17.8 Å². The van der Waals surface area contributed by atoms with Crippen LogP contribution in [-0.2, 0) is 6.54 Å². The normalized spacial score (nSPS) is 11.6. The number of halogens is 2. The molecule has 0 fully saturated rings. The molecule has 0 spiro atoms. The van der Waals surface area contributed by atoms with Gasteiger partial charge in [-0.25, -0.2) is 4.98 Å². The van der Waals surface area contributed by atoms with E-state index in [0.29, 0.717) is 10.0 Å². The molecule has 3 aromatic rings. The van der Waals surface area contributed by atoms with Gasteiger partial charge in [-0.2, -0.15) is 0 Å². The molecular formula is C18H16Cl2N2. The standard InChI is InChI=1S/C18H16Cl2N2/c1-2-12-22-17-9-4-3-8-16(17)21-18(22)11-10-13-14(19)6-5-7-15(13)20/h3-11H,2,12H2,1H3/b11-10+. The lowest BCUT2D eigenvalue weighted by Gasteiger charge is -2.05. The van der Waals surface area contributed by atoms with Crippen molar-refractivity contribution in [1.29, 1.82) is 0 Å². The molecule has 2 aromatic carbocycles. The van der Waals surface area contributed by atoms with Gasteiger partial charge in [-0.05, 0) is 42.8 Å². The largest absolute Gasteiger partial charge is 0.324 e. The number of fused-ring (bicyclic) bond motifs is 1. The summed E-state index contributed by atoms with van der Waals surface area (Å²) >= 11 is 12.4. The molecule has 0 aliphatic carbocycles. The molecule has 0 N–H and O–H groups in total. The lowest BCUT2D eigenvalue weighted by molar-refractivity contribution is 0.691. The summed E-state index contributed by atoms with van der Waals surface area (Å²) in [4.78, 5) is 4.70. The zero-order valence-electron chi connectivity index (χ0n) is 12.3. The van der Waals surface area contributed by atoms with E-state index in [-0.39, 0.29) is 0 Å². The van der Waals surface area contributed by atoms with Gasteiger partial charge in [0.25, 0.3) is 0 Å². The Kier molecular flexibility index (Phi) is 4.51. The van der Waals surface area contributed by atoms with Crippen molar-refractivity contribution < 1.29 is 0 Å². The molecule has 0 amide bonds. The lowest BCUT2D eigenvalue weighted by Crippen LogP contribution is -1.99. The average Bonchev–Trinajstić information content (AvgIpc) is 2.85. The second-order valence-electron chi connectivity index (χ2n) is 5.08. The van der Waals surface area contributed by atoms with Gasteiger partial charge in [-0.3, -0.25) is 0 Å². The Morgan fingerprint density at radius 2 is 1.73 bits per heavy atom. The van der Waals surface area contributed by atoms with Crippen molar-refractivity contribution >= 4 is 46.4 Å². The van der Waals surface area contributed by atoms with Crippen LogP contribution in [0.1, 0.15) is 24.7 Å². The summed E-state index contributed by atoms with van der Waals surface area (Å²) in [6, 6.07) is 13.7. The third-order valence-electron chi connectivity index (χ3n) is 3.53. The van der Waals surface area contributed by atoms with E-state index in [4.69, 9.17) is 28.2 Å². The predicted octanol–water partition coefficient (Wildman–Crippen LogP) is 5.92. The first-order valence-electron chi connectivity index (χ1n) is 7.28. The Morgan fingerprint density at radius 3 is 2.45 bits per heavy atom. The van der Waals surface area contributed by atoms with Gasteiger partial charge in [-0.1, -0.05) is 48.3 Å². The Balaban J connectivity index is 2.06. The molecule has 1 aromatic heterocycles. The third-order valence-corrected chi connectivity index (χ3v) is 4.19. The molecule has 0 atom stereocenters. The number of hydrogen-bond donors (Lipinski definition) is 0. The number of aryl methyl sites for hydroxylation is 1. The molecule has 0 radical (unpaired) electrons. The molecular weight excluding hydrogens is 315 g/mol. The fraction of sp³-hybridized carbons (Fsp3) is 0.167. The first-order valence-corrected chi connectivity index (χ1v) is 8.03. The van der Waals surface area contributed by atoms with Gasteiger partial charge >= 0.3 is 0 Å². The van der Waals surface area contributed by atoms with Crippen LogP contribution < -0.4 is 0 Å². The van der Waals surface area contributed by atoms with E-state index in [1.54, 1.807) is 0 Å². The van der Waals surface area contributed by atoms with Gasteiger partial charge in [0.15, 0.2) is 0 Å². The van der Waals surface area contributed by atoms with Gasteiger partial charge in [-0.15, -0.1) is 0 Å². The summed E-state index contributed by atoms with van der Waals surface area (Å²) in [6.45, 7) is 3.09. The highest BCUT2D eigenvalue weighted by atomic mass is 35.5. The number of para-hydroxylation sites is 2. The van der Waals surface area contributed by atoms with Crippen molar-refractivity contribution in [2.24, 2.45) is 0 Å². The van der Waals surface area contributed by atoms with E-state index in [0.717, 1.165) is 35.4 Å². The summed E-state index contributed by atoms with van der Waals surface area (Å²) in [5.74, 6) is 0.916. The quantitative estimate of drug-likeness (QED) is 0.580. The molecule has 0 saturated carbocycles. The first kappa shape index (κ1) is 15.1. The first-order chi connectivity index (χ1) is 10.7. The summed E-state index contributed by atoms with van der Waals surface area (Å²) in [5.41, 5.74) is 2.97. The highest BCUT2D eigenvalue weighted by Gasteiger charge is 2.08. The monoisotopic (exact) mass is 330 g/mol. The van der Waals surface area contributed by atoms with Crippen molar-refractivity contribution in [3.05, 3.63) is 63.9 Å². The van der Waals surface area contributed by atoms with E-state index in [9.17, 15) is 0 Å². The van der Waals surface area contributed by atoms with Gasteiger partial charge in [0.1, 0.15) is 5.82 Å². The van der Waals surface area contributed by atoms with Gasteiger partial charge in [0.2, 0.25) is 0 Å². The maximum absolute atomic E-state index is 6.21. The van der Waals surface area contributed by atoms with Crippen LogP contribution in [0.4, 0.5) is 0 Å². The molecule has 0 aliphatic rings. The van der Waals surface area contributed by atoms with Crippen LogP contribution in [0.15, 0.2) is 42.5 Å². The Hall–Kier alpha value is -1.77. The highest BCUT2D eigenvalue weighted by Crippen LogP contribution is 2.27. The number of aromatic nitrogens is 2. The van der Waals surface area contributed by atoms with Crippen molar-refractivity contribution in [3.63, 3.8) is 0 Å². The number of nitrogens with zero attached hydrogens (tertiary/aromatic N) is 2. The highest BCUT2D eigenvalue weighted by molar-refractivity contribution is 6.37. The van der Waals surface area contributed by atoms with E-state index >= 15 is 0 Å². The van der Waals surface area contributed by atoms with E-state index < -0.39 is 0 Å². The Bertz CT molecular complexity index is 814. The van der Waals surface area contributed by atoms with E-state index in [1.165, 1.54) is 0 Å². The third kappa shape index (κ3) is 2.90. The SMILES string of the molecule is CCCn1c(/C=C/c2c(Cl)cccc2Cl)nc2ccccc21. The number of hydrogen-bond acceptors (Lipinski definition) is 1. The molecule has 0 unspecified atom stereocenters. The molecule has 0 aliphatic heterocycles. The second-order valence-corrected chi connectivity index (χ2v) is 5.89. The van der Waals surface area contributed by atoms with Crippen molar-refractivity contribution in [2.45, 2.75) is 19.9 Å². The van der Waals surface area contributed by atoms with Crippen LogP contribution in [-0.4, -0.2) is 9.55 Å². The smallest absolute Gasteiger partial charge is 0.133 e. The van der Waals surface area contributed by atoms with Gasteiger partial charge in [0.05, 0.1) is 11.0 Å². The molecule has 22 heavy (non-hydrogen) atoms. The lowest BCUT2D eigenvalue weighted by atomic mass is 10.2. The average molecular weight is 331 g/mol. The van der Waals surface area contributed by atoms with Crippen LogP contribution in [0, 0.1) is 0 Å². The molecule has 2 nitrogen and oxygen atoms in total. The molecule has 112 valence electrons. The fourth-order valence-corrected chi connectivity index (χ4v) is 3.03. The van der Waals surface area contributed by atoms with Crippen LogP contribution in [0.5, 0.6) is 0 Å². The van der Waals surface area contributed by atoms with Crippen molar-refractivity contribution in [1.82, 2.24) is 9.55 Å². The van der Waals surface area contributed by atoms with Gasteiger partial charge in [0, 0.05) is 22.2 Å². The summed E-state index contributed by atoms with van der Waals surface area (Å²) in [7, 11) is 0. The molecule has 3 rings (SSSR count). The van der Waals surface area contributed by atoms with Crippen LogP contribution in [0.25, 0.3) is 23.2 Å². The fourth-order valence-electron chi connectivity index (χ4n) is 2.51. The number of rotatable bonds is 4. The van der Waals surface area contributed by atoms with Gasteiger partial charge < -0.3 is 4.57 Å². The number of benzene rings is 2. The molecule has 0 saturated heterocycles. The van der Waals surface area contributed by atoms with Crippen molar-refractivity contribution in [3.8, 4) is 0 Å². The molecule has 0 bridgehead atoms. The maximum Gasteiger partial charge on any atom is 0.133 e. The zero-order valence-corrected chi connectivity index (χ0v) is 13.8. The minimum absolute atomic E-state index is 0.641. The van der Waals surface area contributed by atoms with Crippen LogP contribution in [0.2, 0.25) is 10.0 Å². The maximum atomic E-state index is 6.21. The van der Waals surface area contributed by atoms with Crippen LogP contribution in [0.3, 0.4) is 0 Å². The summed E-state index contributed by atoms with van der Waals surface area (Å²) in [6.07, 6.45) is 4.95. The van der Waals surface area contributed by atoms with Crippen molar-refractivity contribution in [2.75, 3.05) is 0 Å². The summed E-state index contributed by atoms with van der Waals surface area (Å²) in [5, 5.41) is 1.28. The van der Waals surface area contributed by atoms with Crippen LogP contribution >= 0.6 is 23.2 Å². The van der Waals surface area contributed by atoms with E-state index in [1.807, 2.05) is 48.6 Å². The predicted molar refractivity (Wildman–Crippen MR) is 95.4 cm³/mol. The molecule has 1 heterocycles. The zero-order chi connectivity index (χ0) is 15.5. The minimum atomic E-state index is 0.641. The van der Waals surface area contributed by atoms with E-state index in [2.05, 4.69) is 17.6 Å². The molecule has 4 heteroatoms. The Labute approximate surface area is 140 Å². The summed E-state index contributed by atoms with van der Waals surface area (Å²) < 4.78 is 2.22. The minimum Gasteiger partial charge on any atom is -0.324 e.